The lowest BCUT2D eigenvalue weighted by molar-refractivity contribution is 0.381. The molecule has 2 aromatic carbocycles. The molecule has 0 amide bonds. The maximum atomic E-state index is 13.7. The molecule has 9 heteroatoms. The van der Waals surface area contributed by atoms with Crippen LogP contribution in [0.15, 0.2) is 58.4 Å². The lowest BCUT2D eigenvalue weighted by atomic mass is 10.2. The first-order valence-corrected chi connectivity index (χ1v) is 10.9. The summed E-state index contributed by atoms with van der Waals surface area (Å²) in [5.74, 6) is -0.739. The zero-order valence-corrected chi connectivity index (χ0v) is 16.8. The van der Waals surface area contributed by atoms with Gasteiger partial charge in [0.15, 0.2) is 15.8 Å². The van der Waals surface area contributed by atoms with Crippen molar-refractivity contribution >= 4 is 33.1 Å². The van der Waals surface area contributed by atoms with Crippen LogP contribution in [0.3, 0.4) is 0 Å². The van der Waals surface area contributed by atoms with Crippen LogP contribution < -0.4 is 10.6 Å². The summed E-state index contributed by atoms with van der Waals surface area (Å²) in [6, 6.07) is 13.0. The van der Waals surface area contributed by atoms with Gasteiger partial charge in [-0.3, -0.25) is 4.99 Å². The van der Waals surface area contributed by atoms with Crippen LogP contribution in [0.1, 0.15) is 0 Å². The first-order valence-electron chi connectivity index (χ1n) is 8.89. The van der Waals surface area contributed by atoms with Crippen LogP contribution in [-0.4, -0.2) is 57.8 Å². The van der Waals surface area contributed by atoms with Gasteiger partial charge in [-0.25, -0.2) is 12.8 Å². The summed E-state index contributed by atoms with van der Waals surface area (Å²) in [5.41, 5.74) is 7.11. The molecule has 0 aromatic heterocycles. The van der Waals surface area contributed by atoms with E-state index in [1.54, 1.807) is 0 Å². The Morgan fingerprint density at radius 2 is 1.71 bits per heavy atom. The Morgan fingerprint density at radius 3 is 2.36 bits per heavy atom. The molecule has 28 heavy (non-hydrogen) atoms. The van der Waals surface area contributed by atoms with E-state index < -0.39 is 15.7 Å². The second kappa shape index (κ2) is 8.79. The van der Waals surface area contributed by atoms with Gasteiger partial charge in [-0.15, -0.1) is 0 Å². The van der Waals surface area contributed by atoms with E-state index in [9.17, 15) is 12.8 Å². The molecule has 3 rings (SSSR count). The van der Waals surface area contributed by atoms with E-state index in [4.69, 9.17) is 17.3 Å². The largest absolute Gasteiger partial charge is 0.370 e. The number of nitrogens with zero attached hydrogens (tertiary/aromatic N) is 3. The number of guanidine groups is 1. The van der Waals surface area contributed by atoms with Crippen molar-refractivity contribution in [1.82, 2.24) is 4.90 Å². The van der Waals surface area contributed by atoms with Gasteiger partial charge in [-0.1, -0.05) is 23.7 Å². The molecule has 0 spiro atoms. The van der Waals surface area contributed by atoms with Crippen LogP contribution >= 0.6 is 11.6 Å². The lowest BCUT2D eigenvalue weighted by Gasteiger charge is -2.36. The molecule has 1 saturated heterocycles. The van der Waals surface area contributed by atoms with Crippen LogP contribution in [0.5, 0.6) is 0 Å². The van der Waals surface area contributed by atoms with Crippen molar-refractivity contribution in [2.75, 3.05) is 43.4 Å². The third kappa shape index (κ3) is 4.94. The fraction of sp³-hybridized carbons (Fsp3) is 0.316. The maximum Gasteiger partial charge on any atom is 0.191 e. The molecule has 1 fully saturated rings. The summed E-state index contributed by atoms with van der Waals surface area (Å²) in [7, 11) is -3.74. The highest BCUT2D eigenvalue weighted by molar-refractivity contribution is 7.91. The maximum absolute atomic E-state index is 13.7. The van der Waals surface area contributed by atoms with Crippen molar-refractivity contribution in [1.29, 1.82) is 0 Å². The van der Waals surface area contributed by atoms with Crippen molar-refractivity contribution in [3.8, 4) is 0 Å². The average Bonchev–Trinajstić information content (AvgIpc) is 2.69. The minimum atomic E-state index is -3.74. The highest BCUT2D eigenvalue weighted by Crippen LogP contribution is 2.19. The Labute approximate surface area is 169 Å². The number of rotatable bonds is 5. The molecular weight excluding hydrogens is 403 g/mol. The molecule has 0 bridgehead atoms. The zero-order valence-electron chi connectivity index (χ0n) is 15.3. The van der Waals surface area contributed by atoms with E-state index in [0.29, 0.717) is 24.1 Å². The van der Waals surface area contributed by atoms with Crippen LogP contribution in [0, 0.1) is 5.82 Å². The highest BCUT2D eigenvalue weighted by Gasteiger charge is 2.20. The predicted octanol–water partition coefficient (Wildman–Crippen LogP) is 2.39. The van der Waals surface area contributed by atoms with E-state index in [1.165, 1.54) is 18.2 Å². The third-order valence-electron chi connectivity index (χ3n) is 4.60. The molecule has 0 saturated carbocycles. The fourth-order valence-electron chi connectivity index (χ4n) is 3.03. The second-order valence-corrected chi connectivity index (χ2v) is 8.95. The molecule has 0 radical (unpaired) electrons. The van der Waals surface area contributed by atoms with E-state index in [-0.39, 0.29) is 17.2 Å². The number of aliphatic imine (C=N–C) groups is 1. The number of sulfone groups is 1. The Kier molecular flexibility index (Phi) is 6.41. The van der Waals surface area contributed by atoms with E-state index in [0.717, 1.165) is 24.8 Å². The first-order chi connectivity index (χ1) is 13.4. The SMILES string of the molecule is NC(=NCCS(=O)(=O)c1ccccc1F)N1CCN(c2ccc(Cl)cc2)CC1. The second-order valence-electron chi connectivity index (χ2n) is 6.44. The molecule has 1 aliphatic rings. The van der Waals surface area contributed by atoms with Crippen molar-refractivity contribution in [2.45, 2.75) is 4.90 Å². The van der Waals surface area contributed by atoms with Crippen molar-refractivity contribution in [2.24, 2.45) is 10.7 Å². The average molecular weight is 425 g/mol. The monoisotopic (exact) mass is 424 g/mol. The minimum absolute atomic E-state index is 0.0140. The van der Waals surface area contributed by atoms with Gasteiger partial charge >= 0.3 is 0 Å². The molecule has 6 nitrogen and oxygen atoms in total. The van der Waals surface area contributed by atoms with Gasteiger partial charge in [0.2, 0.25) is 0 Å². The Balaban J connectivity index is 1.53. The van der Waals surface area contributed by atoms with Gasteiger partial charge in [-0.2, -0.15) is 0 Å². The van der Waals surface area contributed by atoms with Crippen LogP contribution in [0.4, 0.5) is 10.1 Å². The summed E-state index contributed by atoms with van der Waals surface area (Å²) in [6.07, 6.45) is 0. The summed E-state index contributed by atoms with van der Waals surface area (Å²) in [6.45, 7) is 2.88. The van der Waals surface area contributed by atoms with Crippen molar-refractivity contribution in [3.05, 3.63) is 59.4 Å². The number of halogens is 2. The van der Waals surface area contributed by atoms with Gasteiger partial charge in [0.05, 0.1) is 12.3 Å². The number of nitrogens with two attached hydrogens (primary N) is 1. The van der Waals surface area contributed by atoms with Crippen molar-refractivity contribution < 1.29 is 12.8 Å². The molecule has 2 aromatic rings. The fourth-order valence-corrected chi connectivity index (χ4v) is 4.36. The Bertz CT molecular complexity index is 943. The molecule has 0 aliphatic carbocycles. The molecular formula is C19H22ClFN4O2S. The molecule has 1 aliphatic heterocycles. The lowest BCUT2D eigenvalue weighted by Crippen LogP contribution is -2.51. The Morgan fingerprint density at radius 1 is 1.07 bits per heavy atom. The molecule has 0 atom stereocenters. The standard InChI is InChI=1S/C19H22ClFN4O2S/c20-15-5-7-16(8-6-15)24-10-12-25(13-11-24)19(22)23-9-14-28(26,27)18-4-2-1-3-17(18)21/h1-8H,9-14H2,(H2,22,23). The van der Waals surface area contributed by atoms with Crippen LogP contribution in [0.2, 0.25) is 5.02 Å². The number of hydrogen-bond acceptors (Lipinski definition) is 4. The zero-order chi connectivity index (χ0) is 20.1. The summed E-state index contributed by atoms with van der Waals surface area (Å²) >= 11 is 5.92. The number of anilines is 1. The highest BCUT2D eigenvalue weighted by atomic mass is 35.5. The molecule has 150 valence electrons. The smallest absolute Gasteiger partial charge is 0.191 e. The third-order valence-corrected chi connectivity index (χ3v) is 6.57. The number of hydrogen-bond donors (Lipinski definition) is 1. The van der Waals surface area contributed by atoms with E-state index in [1.807, 2.05) is 29.2 Å². The minimum Gasteiger partial charge on any atom is -0.370 e. The van der Waals surface area contributed by atoms with E-state index >= 15 is 0 Å². The predicted molar refractivity (Wildman–Crippen MR) is 110 cm³/mol. The number of benzene rings is 2. The first kappa shape index (κ1) is 20.4. The van der Waals surface area contributed by atoms with Gasteiger partial charge < -0.3 is 15.5 Å². The van der Waals surface area contributed by atoms with Gasteiger partial charge in [0.1, 0.15) is 10.7 Å². The summed E-state index contributed by atoms with van der Waals surface area (Å²) in [4.78, 5) is 8.02. The molecule has 2 N–H and O–H groups in total. The molecule has 1 heterocycles. The van der Waals surface area contributed by atoms with Crippen molar-refractivity contribution in [3.63, 3.8) is 0 Å². The van der Waals surface area contributed by atoms with E-state index in [2.05, 4.69) is 9.89 Å². The number of piperazine rings is 1. The Hall–Kier alpha value is -2.32. The normalized spacial score (nSPS) is 15.7. The molecule has 0 unspecified atom stereocenters. The van der Waals surface area contributed by atoms with Crippen LogP contribution in [-0.2, 0) is 9.84 Å². The van der Waals surface area contributed by atoms with Gasteiger partial charge in [-0.05, 0) is 36.4 Å². The quantitative estimate of drug-likeness (QED) is 0.589. The van der Waals surface area contributed by atoms with Gasteiger partial charge in [0, 0.05) is 36.9 Å². The van der Waals surface area contributed by atoms with Gasteiger partial charge in [0.25, 0.3) is 0 Å². The topological polar surface area (TPSA) is 79.0 Å². The summed E-state index contributed by atoms with van der Waals surface area (Å²) in [5, 5.41) is 0.698. The van der Waals surface area contributed by atoms with Crippen LogP contribution in [0.25, 0.3) is 0 Å². The summed E-state index contributed by atoms with van der Waals surface area (Å²) < 4.78 is 38.2.